The summed E-state index contributed by atoms with van der Waals surface area (Å²) in [5, 5.41) is 2.14. The van der Waals surface area contributed by atoms with Crippen molar-refractivity contribution in [1.82, 2.24) is 15.3 Å². The summed E-state index contributed by atoms with van der Waals surface area (Å²) < 4.78 is 0. The smallest absolute Gasteiger partial charge is 0.223 e. The number of carbonyl (C=O) groups is 1. The first kappa shape index (κ1) is 12.5. The fraction of sp³-hybridized carbons (Fsp3) is 0.909. The van der Waals surface area contributed by atoms with Crippen LogP contribution in [0.3, 0.4) is 0 Å². The van der Waals surface area contributed by atoms with E-state index < -0.39 is 0 Å². The van der Waals surface area contributed by atoms with Crippen LogP contribution < -0.4 is 5.43 Å². The highest BCUT2D eigenvalue weighted by Gasteiger charge is 2.24. The number of hydrazine groups is 1. The number of piperazine rings is 1. The molecular formula is C11H23N3O. The Kier molecular flexibility index (Phi) is 4.11. The topological polar surface area (TPSA) is 35.6 Å². The molecule has 0 radical (unpaired) electrons. The van der Waals surface area contributed by atoms with Gasteiger partial charge >= 0.3 is 0 Å². The number of hydrogen-bond acceptors (Lipinski definition) is 3. The molecule has 4 heteroatoms. The van der Waals surface area contributed by atoms with Gasteiger partial charge in [-0.15, -0.1) is 0 Å². The third kappa shape index (κ3) is 4.18. The monoisotopic (exact) mass is 213 g/mol. The number of rotatable bonds is 2. The van der Waals surface area contributed by atoms with Crippen LogP contribution in [0.15, 0.2) is 0 Å². The molecule has 15 heavy (non-hydrogen) atoms. The highest BCUT2D eigenvalue weighted by molar-refractivity contribution is 5.76. The van der Waals surface area contributed by atoms with Gasteiger partial charge in [0.15, 0.2) is 0 Å². The van der Waals surface area contributed by atoms with Gasteiger partial charge in [-0.3, -0.25) is 10.2 Å². The van der Waals surface area contributed by atoms with Gasteiger partial charge in [0.2, 0.25) is 5.91 Å². The maximum atomic E-state index is 11.9. The Morgan fingerprint density at radius 2 is 1.73 bits per heavy atom. The largest absolute Gasteiger partial charge is 0.340 e. The molecule has 0 aromatic heterocycles. The first-order valence-electron chi connectivity index (χ1n) is 5.62. The first-order chi connectivity index (χ1) is 6.92. The van der Waals surface area contributed by atoms with Crippen molar-refractivity contribution < 1.29 is 4.79 Å². The molecule has 1 rings (SSSR count). The van der Waals surface area contributed by atoms with Crippen LogP contribution in [0, 0.1) is 5.41 Å². The first-order valence-corrected chi connectivity index (χ1v) is 5.62. The number of hydrogen-bond donors (Lipinski definition) is 1. The van der Waals surface area contributed by atoms with Crippen LogP contribution in [0.2, 0.25) is 0 Å². The Morgan fingerprint density at radius 3 is 2.13 bits per heavy atom. The molecule has 1 fully saturated rings. The second-order valence-corrected chi connectivity index (χ2v) is 5.33. The fourth-order valence-electron chi connectivity index (χ4n) is 1.74. The van der Waals surface area contributed by atoms with Crippen molar-refractivity contribution in [3.8, 4) is 0 Å². The van der Waals surface area contributed by atoms with E-state index in [1.54, 1.807) is 0 Å². The number of nitrogens with one attached hydrogen (secondary N) is 1. The van der Waals surface area contributed by atoms with Gasteiger partial charge < -0.3 is 4.90 Å². The van der Waals surface area contributed by atoms with Crippen LogP contribution in [0.25, 0.3) is 0 Å². The minimum atomic E-state index is 0.0945. The molecule has 1 N–H and O–H groups in total. The normalized spacial score (nSPS) is 19.3. The van der Waals surface area contributed by atoms with E-state index in [4.69, 9.17) is 0 Å². The summed E-state index contributed by atoms with van der Waals surface area (Å²) >= 11 is 0. The van der Waals surface area contributed by atoms with Gasteiger partial charge in [-0.05, 0) is 12.5 Å². The molecule has 0 unspecified atom stereocenters. The molecule has 0 aliphatic carbocycles. The van der Waals surface area contributed by atoms with E-state index in [1.807, 2.05) is 11.9 Å². The molecule has 1 heterocycles. The second-order valence-electron chi connectivity index (χ2n) is 5.33. The SMILES string of the molecule is CNN1CCN(C(=O)CC(C)(C)C)CC1. The third-order valence-corrected chi connectivity index (χ3v) is 2.63. The minimum Gasteiger partial charge on any atom is -0.340 e. The lowest BCUT2D eigenvalue weighted by Gasteiger charge is -2.35. The van der Waals surface area contributed by atoms with E-state index >= 15 is 0 Å². The van der Waals surface area contributed by atoms with Crippen molar-refractivity contribution in [1.29, 1.82) is 0 Å². The van der Waals surface area contributed by atoms with Gasteiger partial charge in [0.05, 0.1) is 0 Å². The molecular weight excluding hydrogens is 190 g/mol. The maximum Gasteiger partial charge on any atom is 0.223 e. The van der Waals surface area contributed by atoms with Crippen LogP contribution in [0.1, 0.15) is 27.2 Å². The van der Waals surface area contributed by atoms with E-state index in [2.05, 4.69) is 31.2 Å². The molecule has 0 aromatic rings. The van der Waals surface area contributed by atoms with Crippen LogP contribution in [0.5, 0.6) is 0 Å². The van der Waals surface area contributed by atoms with Gasteiger partial charge in [-0.2, -0.15) is 0 Å². The Balaban J connectivity index is 2.37. The number of carbonyl (C=O) groups excluding carboxylic acids is 1. The van der Waals surface area contributed by atoms with E-state index in [0.29, 0.717) is 12.3 Å². The van der Waals surface area contributed by atoms with Crippen molar-refractivity contribution in [2.24, 2.45) is 5.41 Å². The second kappa shape index (κ2) is 4.94. The predicted molar refractivity (Wildman–Crippen MR) is 61.3 cm³/mol. The quantitative estimate of drug-likeness (QED) is 0.733. The lowest BCUT2D eigenvalue weighted by Crippen LogP contribution is -2.52. The highest BCUT2D eigenvalue weighted by Crippen LogP contribution is 2.20. The summed E-state index contributed by atoms with van der Waals surface area (Å²) in [4.78, 5) is 13.9. The van der Waals surface area contributed by atoms with Gasteiger partial charge in [-0.1, -0.05) is 20.8 Å². The Labute approximate surface area is 92.6 Å². The molecule has 0 aromatic carbocycles. The average molecular weight is 213 g/mol. The summed E-state index contributed by atoms with van der Waals surface area (Å²) in [5.41, 5.74) is 3.20. The minimum absolute atomic E-state index is 0.0945. The van der Waals surface area contributed by atoms with Crippen LogP contribution in [-0.2, 0) is 4.79 Å². The zero-order valence-electron chi connectivity index (χ0n) is 10.3. The van der Waals surface area contributed by atoms with Crippen LogP contribution >= 0.6 is 0 Å². The summed E-state index contributed by atoms with van der Waals surface area (Å²) in [6.07, 6.45) is 0.645. The predicted octanol–water partition coefficient (Wildman–Crippen LogP) is 0.701. The van der Waals surface area contributed by atoms with Crippen LogP contribution in [0.4, 0.5) is 0 Å². The van der Waals surface area contributed by atoms with Crippen molar-refractivity contribution in [3.63, 3.8) is 0 Å². The molecule has 0 bridgehead atoms. The van der Waals surface area contributed by atoms with E-state index in [9.17, 15) is 4.79 Å². The summed E-state index contributed by atoms with van der Waals surface area (Å²) in [5.74, 6) is 0.290. The highest BCUT2D eigenvalue weighted by atomic mass is 16.2. The number of amides is 1. The molecule has 1 aliphatic heterocycles. The van der Waals surface area contributed by atoms with Gasteiger partial charge in [0.25, 0.3) is 0 Å². The average Bonchev–Trinajstić information content (AvgIpc) is 2.15. The molecule has 4 nitrogen and oxygen atoms in total. The van der Waals surface area contributed by atoms with E-state index in [0.717, 1.165) is 26.2 Å². The standard InChI is InChI=1S/C11H23N3O/c1-11(2,3)9-10(15)13-5-7-14(12-4)8-6-13/h12H,5-9H2,1-4H3. The molecule has 0 saturated carbocycles. The molecule has 0 spiro atoms. The fourth-order valence-corrected chi connectivity index (χ4v) is 1.74. The van der Waals surface area contributed by atoms with E-state index in [-0.39, 0.29) is 5.41 Å². The van der Waals surface area contributed by atoms with Crippen molar-refractivity contribution in [2.75, 3.05) is 33.2 Å². The van der Waals surface area contributed by atoms with Crippen molar-refractivity contribution in [3.05, 3.63) is 0 Å². The molecule has 1 saturated heterocycles. The molecule has 88 valence electrons. The molecule has 0 atom stereocenters. The lowest BCUT2D eigenvalue weighted by molar-refractivity contribution is -0.135. The van der Waals surface area contributed by atoms with Crippen molar-refractivity contribution in [2.45, 2.75) is 27.2 Å². The zero-order valence-corrected chi connectivity index (χ0v) is 10.3. The van der Waals surface area contributed by atoms with E-state index in [1.165, 1.54) is 0 Å². The summed E-state index contributed by atoms with van der Waals surface area (Å²) in [6, 6.07) is 0. The zero-order chi connectivity index (χ0) is 11.5. The maximum absolute atomic E-state index is 11.9. The lowest BCUT2D eigenvalue weighted by atomic mass is 9.91. The Hall–Kier alpha value is -0.610. The van der Waals surface area contributed by atoms with Gasteiger partial charge in [0, 0.05) is 32.6 Å². The van der Waals surface area contributed by atoms with Gasteiger partial charge in [-0.25, -0.2) is 5.01 Å². The summed E-state index contributed by atoms with van der Waals surface area (Å²) in [7, 11) is 1.92. The summed E-state index contributed by atoms with van der Waals surface area (Å²) in [6.45, 7) is 9.85. The molecule has 1 aliphatic rings. The van der Waals surface area contributed by atoms with Crippen LogP contribution in [-0.4, -0.2) is 49.0 Å². The molecule has 1 amide bonds. The third-order valence-electron chi connectivity index (χ3n) is 2.63. The Morgan fingerprint density at radius 1 is 1.20 bits per heavy atom. The van der Waals surface area contributed by atoms with Gasteiger partial charge in [0.1, 0.15) is 0 Å². The number of nitrogens with zero attached hydrogens (tertiary/aromatic N) is 2. The Bertz CT molecular complexity index is 214. The van der Waals surface area contributed by atoms with Crippen molar-refractivity contribution >= 4 is 5.91 Å².